The van der Waals surface area contributed by atoms with Crippen LogP contribution in [0.15, 0.2) is 29.1 Å². The second-order valence-corrected chi connectivity index (χ2v) is 5.85. The summed E-state index contributed by atoms with van der Waals surface area (Å²) in [7, 11) is 0. The number of para-hydroxylation sites is 2. The van der Waals surface area contributed by atoms with Gasteiger partial charge in [-0.05, 0) is 31.4 Å². The number of nitrogens with one attached hydrogen (secondary N) is 1. The highest BCUT2D eigenvalue weighted by Gasteiger charge is 2.29. The molecule has 0 bridgehead atoms. The molecule has 1 unspecified atom stereocenters. The van der Waals surface area contributed by atoms with E-state index in [2.05, 4.69) is 4.98 Å². The summed E-state index contributed by atoms with van der Waals surface area (Å²) in [6.45, 7) is 3.32. The molecule has 0 amide bonds. The van der Waals surface area contributed by atoms with Crippen molar-refractivity contribution in [3.63, 3.8) is 0 Å². The Labute approximate surface area is 140 Å². The molecule has 0 radical (unpaired) electrons. The number of carbonyl (C=O) groups is 1. The number of imidazole rings is 1. The van der Waals surface area contributed by atoms with Crippen LogP contribution in [0, 0.1) is 0 Å². The van der Waals surface area contributed by atoms with E-state index in [1.54, 1.807) is 0 Å². The third-order valence-electron chi connectivity index (χ3n) is 4.60. The van der Waals surface area contributed by atoms with Crippen LogP contribution in [0.1, 0.15) is 32.2 Å². The summed E-state index contributed by atoms with van der Waals surface area (Å²) in [6.07, 6.45) is 2.20. The zero-order valence-corrected chi connectivity index (χ0v) is 13.9. The lowest BCUT2D eigenvalue weighted by Crippen LogP contribution is -2.46. The predicted octanol–water partition coefficient (Wildman–Crippen LogP) is 2.25. The van der Waals surface area contributed by atoms with Crippen molar-refractivity contribution in [2.75, 3.05) is 13.1 Å². The van der Waals surface area contributed by atoms with Gasteiger partial charge in [-0.15, -0.1) is 12.4 Å². The third kappa shape index (κ3) is 3.28. The number of piperidine rings is 1. The number of benzene rings is 1. The number of nitrogens with zero attached hydrogens (tertiary/aromatic N) is 2. The van der Waals surface area contributed by atoms with Gasteiger partial charge < -0.3 is 10.1 Å². The molecule has 2 N–H and O–H groups in total. The van der Waals surface area contributed by atoms with Crippen LogP contribution in [0.5, 0.6) is 0 Å². The first-order valence-electron chi connectivity index (χ1n) is 7.78. The Kier molecular flexibility index (Phi) is 5.49. The first-order chi connectivity index (χ1) is 10.6. The maximum absolute atomic E-state index is 12.2. The van der Waals surface area contributed by atoms with E-state index < -0.39 is 12.0 Å². The minimum absolute atomic E-state index is 0. The number of carboxylic acids is 1. The molecule has 1 fully saturated rings. The number of H-pyrrole nitrogens is 1. The van der Waals surface area contributed by atoms with Crippen molar-refractivity contribution in [3.8, 4) is 0 Å². The Hall–Kier alpha value is -1.79. The van der Waals surface area contributed by atoms with E-state index in [9.17, 15) is 14.7 Å². The number of fused-ring (bicyclic) bond motifs is 1. The number of halogens is 1. The lowest BCUT2D eigenvalue weighted by molar-refractivity contribution is -0.144. The minimum Gasteiger partial charge on any atom is -0.480 e. The fraction of sp³-hybridized carbons (Fsp3) is 0.500. The van der Waals surface area contributed by atoms with Crippen molar-refractivity contribution < 1.29 is 9.90 Å². The van der Waals surface area contributed by atoms with E-state index in [1.165, 1.54) is 0 Å². The van der Waals surface area contributed by atoms with Gasteiger partial charge in [0, 0.05) is 19.1 Å². The minimum atomic E-state index is -0.759. The first-order valence-corrected chi connectivity index (χ1v) is 7.78. The zero-order valence-electron chi connectivity index (χ0n) is 13.1. The molecular weight excluding hydrogens is 318 g/mol. The van der Waals surface area contributed by atoms with Gasteiger partial charge in [0.25, 0.3) is 0 Å². The molecule has 1 aromatic heterocycles. The van der Waals surface area contributed by atoms with Gasteiger partial charge in [-0.1, -0.05) is 19.1 Å². The number of hydrogen-bond donors (Lipinski definition) is 2. The SMILES string of the molecule is CCC(C(=O)O)N1CCC(n2c(=O)[nH]c3ccccc32)CC1.Cl. The summed E-state index contributed by atoms with van der Waals surface area (Å²) >= 11 is 0. The van der Waals surface area contributed by atoms with Gasteiger partial charge in [0.15, 0.2) is 0 Å². The molecule has 0 saturated carbocycles. The molecule has 3 rings (SSSR count). The van der Waals surface area contributed by atoms with Crippen LogP contribution in [-0.2, 0) is 4.79 Å². The molecule has 7 heteroatoms. The van der Waals surface area contributed by atoms with E-state index in [-0.39, 0.29) is 24.1 Å². The van der Waals surface area contributed by atoms with Crippen molar-refractivity contribution in [1.29, 1.82) is 0 Å². The second kappa shape index (κ2) is 7.19. The van der Waals surface area contributed by atoms with Gasteiger partial charge in [0.1, 0.15) is 6.04 Å². The van der Waals surface area contributed by atoms with Crippen LogP contribution < -0.4 is 5.69 Å². The van der Waals surface area contributed by atoms with E-state index in [0.717, 1.165) is 23.9 Å². The highest BCUT2D eigenvalue weighted by atomic mass is 35.5. The third-order valence-corrected chi connectivity index (χ3v) is 4.60. The smallest absolute Gasteiger partial charge is 0.326 e. The largest absolute Gasteiger partial charge is 0.480 e. The summed E-state index contributed by atoms with van der Waals surface area (Å²) in [6, 6.07) is 7.40. The molecule has 0 spiro atoms. The molecule has 2 heterocycles. The van der Waals surface area contributed by atoms with E-state index in [1.807, 2.05) is 40.7 Å². The Morgan fingerprint density at radius 3 is 2.61 bits per heavy atom. The first kappa shape index (κ1) is 17.6. The molecule has 1 aliphatic rings. The summed E-state index contributed by atoms with van der Waals surface area (Å²) in [4.78, 5) is 28.4. The van der Waals surface area contributed by atoms with Crippen molar-refractivity contribution in [3.05, 3.63) is 34.7 Å². The monoisotopic (exact) mass is 339 g/mol. The fourth-order valence-corrected chi connectivity index (χ4v) is 3.48. The van der Waals surface area contributed by atoms with Crippen molar-refractivity contribution in [2.24, 2.45) is 0 Å². The molecule has 2 aromatic rings. The normalized spacial score (nSPS) is 17.8. The topological polar surface area (TPSA) is 78.3 Å². The molecule has 1 aliphatic heterocycles. The van der Waals surface area contributed by atoms with Crippen LogP contribution in [0.4, 0.5) is 0 Å². The molecule has 0 aliphatic carbocycles. The molecule has 6 nitrogen and oxygen atoms in total. The number of carboxylic acid groups (broad SMARTS) is 1. The quantitative estimate of drug-likeness (QED) is 0.895. The average Bonchev–Trinajstić information content (AvgIpc) is 2.84. The zero-order chi connectivity index (χ0) is 15.7. The number of hydrogen-bond acceptors (Lipinski definition) is 3. The Balaban J connectivity index is 0.00000192. The standard InChI is InChI=1S/C16H21N3O3.ClH/c1-2-13(15(20)21)18-9-7-11(8-10-18)19-14-6-4-3-5-12(14)17-16(19)22;/h3-6,11,13H,2,7-10H2,1H3,(H,17,22)(H,20,21);1H. The molecule has 1 atom stereocenters. The number of rotatable bonds is 4. The summed E-state index contributed by atoms with van der Waals surface area (Å²) in [5.41, 5.74) is 1.70. The molecule has 1 aromatic carbocycles. The number of aromatic amines is 1. The maximum Gasteiger partial charge on any atom is 0.326 e. The van der Waals surface area contributed by atoms with Gasteiger partial charge >= 0.3 is 11.7 Å². The Bertz CT molecular complexity index is 731. The van der Waals surface area contributed by atoms with Gasteiger partial charge in [-0.2, -0.15) is 0 Å². The van der Waals surface area contributed by atoms with Crippen molar-refractivity contribution in [1.82, 2.24) is 14.5 Å². The predicted molar refractivity (Wildman–Crippen MR) is 91.4 cm³/mol. The number of aliphatic carboxylic acids is 1. The van der Waals surface area contributed by atoms with Crippen LogP contribution in [0.25, 0.3) is 11.0 Å². The summed E-state index contributed by atoms with van der Waals surface area (Å²) in [5.74, 6) is -0.759. The van der Waals surface area contributed by atoms with Crippen LogP contribution in [-0.4, -0.2) is 44.7 Å². The van der Waals surface area contributed by atoms with Gasteiger partial charge in [0.05, 0.1) is 11.0 Å². The van der Waals surface area contributed by atoms with Crippen molar-refractivity contribution >= 4 is 29.4 Å². The molecule has 1 saturated heterocycles. The fourth-order valence-electron chi connectivity index (χ4n) is 3.48. The molecule has 126 valence electrons. The van der Waals surface area contributed by atoms with Gasteiger partial charge in [-0.25, -0.2) is 4.79 Å². The lowest BCUT2D eigenvalue weighted by Gasteiger charge is -2.35. The molecular formula is C16H22ClN3O3. The lowest BCUT2D eigenvalue weighted by atomic mass is 10.0. The second-order valence-electron chi connectivity index (χ2n) is 5.85. The van der Waals surface area contributed by atoms with Gasteiger partial charge in [0.2, 0.25) is 0 Å². The Morgan fingerprint density at radius 2 is 2.00 bits per heavy atom. The highest BCUT2D eigenvalue weighted by Crippen LogP contribution is 2.26. The summed E-state index contributed by atoms with van der Waals surface area (Å²) < 4.78 is 1.83. The average molecular weight is 340 g/mol. The Morgan fingerprint density at radius 1 is 1.35 bits per heavy atom. The van der Waals surface area contributed by atoms with E-state index >= 15 is 0 Å². The number of aromatic nitrogens is 2. The number of likely N-dealkylation sites (tertiary alicyclic amines) is 1. The van der Waals surface area contributed by atoms with Crippen molar-refractivity contribution in [2.45, 2.75) is 38.3 Å². The van der Waals surface area contributed by atoms with Crippen LogP contribution >= 0.6 is 12.4 Å². The van der Waals surface area contributed by atoms with Gasteiger partial charge in [-0.3, -0.25) is 14.3 Å². The van der Waals surface area contributed by atoms with Crippen LogP contribution in [0.3, 0.4) is 0 Å². The highest BCUT2D eigenvalue weighted by molar-refractivity contribution is 5.85. The molecule has 23 heavy (non-hydrogen) atoms. The van der Waals surface area contributed by atoms with Crippen LogP contribution in [0.2, 0.25) is 0 Å². The maximum atomic E-state index is 12.2. The van der Waals surface area contributed by atoms with E-state index in [4.69, 9.17) is 0 Å². The van der Waals surface area contributed by atoms with E-state index in [0.29, 0.717) is 19.5 Å². The summed E-state index contributed by atoms with van der Waals surface area (Å²) in [5, 5.41) is 9.26.